The first-order chi connectivity index (χ1) is 15.9. The number of hydrogen-bond acceptors (Lipinski definition) is 4. The number of carbonyl (C=O) groups is 2. The molecule has 4 nitrogen and oxygen atoms in total. The summed E-state index contributed by atoms with van der Waals surface area (Å²) in [6, 6.07) is 24.9. The number of nitrogens with two attached hydrogens (primary N) is 1. The van der Waals surface area contributed by atoms with Gasteiger partial charge in [-0.2, -0.15) is 0 Å². The van der Waals surface area contributed by atoms with Crippen molar-refractivity contribution in [3.63, 3.8) is 0 Å². The third-order valence-electron chi connectivity index (χ3n) is 5.27. The molecule has 0 saturated heterocycles. The Morgan fingerprint density at radius 2 is 1.21 bits per heavy atom. The Labute approximate surface area is 208 Å². The van der Waals surface area contributed by atoms with E-state index >= 15 is 0 Å². The van der Waals surface area contributed by atoms with Crippen LogP contribution in [0.1, 0.15) is 31.8 Å². The van der Waals surface area contributed by atoms with E-state index in [1.54, 1.807) is 54.6 Å². The second-order valence-electron chi connectivity index (χ2n) is 7.33. The molecule has 0 aliphatic carbocycles. The number of hydrogen-bond donors (Lipinski definition) is 1. The number of benzene rings is 4. The van der Waals surface area contributed by atoms with Crippen molar-refractivity contribution in [2.75, 3.05) is 12.8 Å². The third-order valence-corrected chi connectivity index (χ3v) is 6.33. The largest absolute Gasteiger partial charge is 0.496 e. The Balaban J connectivity index is 2.05. The van der Waals surface area contributed by atoms with Gasteiger partial charge < -0.3 is 10.5 Å². The molecule has 0 amide bonds. The minimum absolute atomic E-state index is 0.157. The third kappa shape index (κ3) is 4.63. The highest BCUT2D eigenvalue weighted by atomic mass is 79.9. The maximum atomic E-state index is 13.9. The Morgan fingerprint density at radius 1 is 0.727 bits per heavy atom. The summed E-state index contributed by atoms with van der Waals surface area (Å²) in [6.07, 6.45) is 0. The van der Waals surface area contributed by atoms with Crippen LogP contribution in [0.2, 0.25) is 0 Å². The van der Waals surface area contributed by atoms with Gasteiger partial charge in [-0.1, -0.05) is 62.2 Å². The summed E-state index contributed by atoms with van der Waals surface area (Å²) in [5.74, 6) is -0.223. The smallest absolute Gasteiger partial charge is 0.195 e. The molecule has 164 valence electrons. The van der Waals surface area contributed by atoms with Crippen LogP contribution in [-0.2, 0) is 0 Å². The van der Waals surface area contributed by atoms with Crippen molar-refractivity contribution >= 4 is 49.1 Å². The molecule has 0 spiro atoms. The second-order valence-corrected chi connectivity index (χ2v) is 9.16. The normalized spacial score (nSPS) is 10.6. The first-order valence-electron chi connectivity index (χ1n) is 10.1. The van der Waals surface area contributed by atoms with Gasteiger partial charge in [0, 0.05) is 43.0 Å². The van der Waals surface area contributed by atoms with E-state index in [1.165, 1.54) is 7.11 Å². The van der Waals surface area contributed by atoms with Crippen molar-refractivity contribution in [3.8, 4) is 16.9 Å². The zero-order valence-electron chi connectivity index (χ0n) is 17.6. The van der Waals surface area contributed by atoms with Gasteiger partial charge in [-0.05, 0) is 54.1 Å². The van der Waals surface area contributed by atoms with E-state index in [1.807, 2.05) is 30.3 Å². The van der Waals surface area contributed by atoms with Crippen molar-refractivity contribution in [1.29, 1.82) is 0 Å². The van der Waals surface area contributed by atoms with Gasteiger partial charge in [0.05, 0.1) is 12.7 Å². The Morgan fingerprint density at radius 3 is 1.70 bits per heavy atom. The van der Waals surface area contributed by atoms with Gasteiger partial charge in [0.15, 0.2) is 11.6 Å². The van der Waals surface area contributed by atoms with Gasteiger partial charge in [-0.25, -0.2) is 0 Å². The quantitative estimate of drug-likeness (QED) is 0.203. The molecular formula is C27H19Br2NO3. The van der Waals surface area contributed by atoms with Crippen molar-refractivity contribution in [2.24, 2.45) is 0 Å². The minimum atomic E-state index is -0.333. The predicted molar refractivity (Wildman–Crippen MR) is 138 cm³/mol. The van der Waals surface area contributed by atoms with E-state index in [0.717, 1.165) is 14.5 Å². The zero-order valence-corrected chi connectivity index (χ0v) is 20.8. The van der Waals surface area contributed by atoms with E-state index in [9.17, 15) is 9.59 Å². The number of nitrogen functional groups attached to an aromatic ring is 1. The highest BCUT2D eigenvalue weighted by molar-refractivity contribution is 9.10. The number of rotatable bonds is 6. The highest BCUT2D eigenvalue weighted by Crippen LogP contribution is 2.40. The van der Waals surface area contributed by atoms with Gasteiger partial charge >= 0.3 is 0 Å². The van der Waals surface area contributed by atoms with Crippen molar-refractivity contribution in [2.45, 2.75) is 0 Å². The molecule has 4 aromatic carbocycles. The van der Waals surface area contributed by atoms with Crippen LogP contribution >= 0.6 is 31.9 Å². The molecule has 0 aliphatic heterocycles. The molecule has 0 fully saturated rings. The van der Waals surface area contributed by atoms with Gasteiger partial charge in [-0.3, -0.25) is 9.59 Å². The summed E-state index contributed by atoms with van der Waals surface area (Å²) in [7, 11) is 1.52. The molecule has 4 rings (SSSR count). The fourth-order valence-corrected chi connectivity index (χ4v) is 4.22. The van der Waals surface area contributed by atoms with Gasteiger partial charge in [0.2, 0.25) is 0 Å². The maximum Gasteiger partial charge on any atom is 0.195 e. The summed E-state index contributed by atoms with van der Waals surface area (Å²) < 4.78 is 7.32. The summed E-state index contributed by atoms with van der Waals surface area (Å²) in [6.45, 7) is 0. The maximum absolute atomic E-state index is 13.9. The fraction of sp³-hybridized carbons (Fsp3) is 0.0370. The number of carbonyl (C=O) groups excluding carboxylic acids is 2. The molecule has 2 N–H and O–H groups in total. The molecule has 4 aromatic rings. The monoisotopic (exact) mass is 563 g/mol. The van der Waals surface area contributed by atoms with Crippen LogP contribution in [0.3, 0.4) is 0 Å². The van der Waals surface area contributed by atoms with E-state index in [4.69, 9.17) is 10.5 Å². The standard InChI is InChI=1S/C27H19Br2NO3/c1-33-22-15-21(30)24(26(31)17-7-11-19(28)12-8-17)25(23(22)16-5-3-2-4-6-16)27(32)18-9-13-20(29)14-10-18/h2-15H,30H2,1H3. The summed E-state index contributed by atoms with van der Waals surface area (Å²) in [4.78, 5) is 27.6. The fourth-order valence-electron chi connectivity index (χ4n) is 3.69. The van der Waals surface area contributed by atoms with Crippen LogP contribution in [0.15, 0.2) is 93.9 Å². The first kappa shape index (κ1) is 23.0. The van der Waals surface area contributed by atoms with Crippen LogP contribution in [-0.4, -0.2) is 18.7 Å². The molecule has 0 radical (unpaired) electrons. The second kappa shape index (κ2) is 9.73. The van der Waals surface area contributed by atoms with Crippen LogP contribution in [0, 0.1) is 0 Å². The molecular weight excluding hydrogens is 546 g/mol. The molecule has 0 aliphatic rings. The predicted octanol–water partition coefficient (Wildman–Crippen LogP) is 6.93. The Kier molecular flexibility index (Phi) is 6.77. The molecule has 0 heterocycles. The van der Waals surface area contributed by atoms with E-state index in [2.05, 4.69) is 31.9 Å². The molecule has 0 unspecified atom stereocenters. The lowest BCUT2D eigenvalue weighted by Gasteiger charge is -2.19. The van der Waals surface area contributed by atoms with Gasteiger partial charge in [0.1, 0.15) is 5.75 Å². The molecule has 0 aromatic heterocycles. The zero-order chi connectivity index (χ0) is 23.5. The lowest BCUT2D eigenvalue weighted by molar-refractivity contribution is 0.100. The molecule has 6 heteroatoms. The van der Waals surface area contributed by atoms with E-state index in [-0.39, 0.29) is 28.4 Å². The number of anilines is 1. The van der Waals surface area contributed by atoms with E-state index in [0.29, 0.717) is 22.4 Å². The summed E-state index contributed by atoms with van der Waals surface area (Å²) in [5, 5.41) is 0. The lowest BCUT2D eigenvalue weighted by atomic mass is 9.85. The Bertz CT molecular complexity index is 1330. The number of ketones is 2. The summed E-state index contributed by atoms with van der Waals surface area (Å²) in [5.41, 5.74) is 9.08. The average molecular weight is 565 g/mol. The van der Waals surface area contributed by atoms with Gasteiger partial charge in [-0.15, -0.1) is 0 Å². The first-order valence-corrected chi connectivity index (χ1v) is 11.7. The van der Waals surface area contributed by atoms with Crippen LogP contribution in [0.5, 0.6) is 5.75 Å². The summed E-state index contributed by atoms with van der Waals surface area (Å²) >= 11 is 6.79. The van der Waals surface area contributed by atoms with Crippen molar-refractivity contribution in [1.82, 2.24) is 0 Å². The van der Waals surface area contributed by atoms with E-state index < -0.39 is 0 Å². The minimum Gasteiger partial charge on any atom is -0.496 e. The van der Waals surface area contributed by atoms with Crippen LogP contribution in [0.4, 0.5) is 5.69 Å². The Hall–Kier alpha value is -3.22. The van der Waals surface area contributed by atoms with Gasteiger partial charge in [0.25, 0.3) is 0 Å². The van der Waals surface area contributed by atoms with Crippen molar-refractivity contribution in [3.05, 3.63) is 116 Å². The number of halogens is 2. The van der Waals surface area contributed by atoms with Crippen LogP contribution < -0.4 is 10.5 Å². The lowest BCUT2D eigenvalue weighted by Crippen LogP contribution is -2.16. The van der Waals surface area contributed by atoms with Crippen molar-refractivity contribution < 1.29 is 14.3 Å². The molecule has 0 saturated carbocycles. The van der Waals surface area contributed by atoms with Crippen LogP contribution in [0.25, 0.3) is 11.1 Å². The topological polar surface area (TPSA) is 69.4 Å². The SMILES string of the molecule is COc1cc(N)c(C(=O)c2ccc(Br)cc2)c(C(=O)c2ccc(Br)cc2)c1-c1ccccc1. The number of ether oxygens (including phenoxy) is 1. The molecule has 0 bridgehead atoms. The molecule has 0 atom stereocenters. The molecule has 33 heavy (non-hydrogen) atoms. The average Bonchev–Trinajstić information content (AvgIpc) is 2.84. The highest BCUT2D eigenvalue weighted by Gasteiger charge is 2.29. The number of methoxy groups -OCH3 is 1.